The molecule has 3 aromatic rings. The average Bonchev–Trinajstić information content (AvgIpc) is 3.37. The number of fused-ring (bicyclic) bond motifs is 1. The molecule has 8 heteroatoms. The maximum atomic E-state index is 12.7. The Morgan fingerprint density at radius 3 is 2.71 bits per heavy atom. The molecule has 1 aliphatic heterocycles. The first kappa shape index (κ1) is 21.8. The fourth-order valence-corrected chi connectivity index (χ4v) is 5.05. The first-order valence-corrected chi connectivity index (χ1v) is 11.7. The molecule has 0 radical (unpaired) electrons. The third-order valence-corrected chi connectivity index (χ3v) is 7.13. The average molecular weight is 442 g/mol. The van der Waals surface area contributed by atoms with Gasteiger partial charge in [0.2, 0.25) is 0 Å². The lowest BCUT2D eigenvalue weighted by Gasteiger charge is -2.33. The second-order valence-electron chi connectivity index (χ2n) is 7.92. The molecule has 2 aromatic heterocycles. The van der Waals surface area contributed by atoms with Crippen molar-refractivity contribution in [3.63, 3.8) is 0 Å². The van der Waals surface area contributed by atoms with Crippen LogP contribution in [0, 0.1) is 0 Å². The Balaban J connectivity index is 1.37. The van der Waals surface area contributed by atoms with Gasteiger partial charge in [0, 0.05) is 50.7 Å². The number of nitrogens with zero attached hydrogens (tertiary/aromatic N) is 4. The van der Waals surface area contributed by atoms with Crippen molar-refractivity contribution in [2.24, 2.45) is 7.05 Å². The molecule has 1 aliphatic rings. The second-order valence-corrected chi connectivity index (χ2v) is 8.95. The predicted octanol–water partition coefficient (Wildman–Crippen LogP) is 3.07. The Morgan fingerprint density at radius 1 is 1.19 bits per heavy atom. The molecule has 1 N–H and O–H groups in total. The number of aromatic nitrogens is 2. The van der Waals surface area contributed by atoms with E-state index in [9.17, 15) is 4.79 Å². The van der Waals surface area contributed by atoms with E-state index in [1.807, 2.05) is 42.1 Å². The number of aryl methyl sites for hydroxylation is 1. The van der Waals surface area contributed by atoms with Crippen molar-refractivity contribution in [2.45, 2.75) is 13.3 Å². The van der Waals surface area contributed by atoms with Crippen molar-refractivity contribution in [3.8, 4) is 17.0 Å². The number of benzene rings is 1. The van der Waals surface area contributed by atoms with Crippen LogP contribution >= 0.6 is 11.3 Å². The smallest absolute Gasteiger partial charge is 0.261 e. The van der Waals surface area contributed by atoms with Gasteiger partial charge in [0.15, 0.2) is 0 Å². The molecule has 3 heterocycles. The Labute approximate surface area is 187 Å². The van der Waals surface area contributed by atoms with E-state index in [0.29, 0.717) is 6.54 Å². The molecule has 0 atom stereocenters. The fraction of sp³-hybridized carbons (Fsp3) is 0.478. The van der Waals surface area contributed by atoms with Crippen molar-refractivity contribution >= 4 is 27.5 Å². The molecule has 4 rings (SSSR count). The molecule has 1 amide bonds. The Kier molecular flexibility index (Phi) is 6.89. The van der Waals surface area contributed by atoms with Gasteiger partial charge in [0.05, 0.1) is 12.0 Å². The molecule has 7 nitrogen and oxygen atoms in total. The van der Waals surface area contributed by atoms with Gasteiger partial charge >= 0.3 is 0 Å². The fourth-order valence-electron chi connectivity index (χ4n) is 4.06. The zero-order chi connectivity index (χ0) is 21.8. The highest BCUT2D eigenvalue weighted by molar-refractivity contribution is 7.20. The van der Waals surface area contributed by atoms with Crippen molar-refractivity contribution < 1.29 is 9.53 Å². The number of nitrogens with one attached hydrogen (secondary N) is 1. The zero-order valence-electron chi connectivity index (χ0n) is 18.6. The van der Waals surface area contributed by atoms with Crippen LogP contribution in [0.2, 0.25) is 0 Å². The van der Waals surface area contributed by atoms with Gasteiger partial charge in [-0.1, -0.05) is 19.1 Å². The van der Waals surface area contributed by atoms with E-state index in [1.54, 1.807) is 7.11 Å². The normalized spacial score (nSPS) is 15.5. The van der Waals surface area contributed by atoms with Gasteiger partial charge in [-0.2, -0.15) is 5.10 Å². The highest BCUT2D eigenvalue weighted by Gasteiger charge is 2.19. The van der Waals surface area contributed by atoms with E-state index in [1.165, 1.54) is 11.3 Å². The molecule has 0 unspecified atom stereocenters. The molecule has 0 bridgehead atoms. The zero-order valence-corrected chi connectivity index (χ0v) is 19.4. The summed E-state index contributed by atoms with van der Waals surface area (Å²) >= 11 is 1.49. The number of rotatable bonds is 8. The summed E-state index contributed by atoms with van der Waals surface area (Å²) in [5.41, 5.74) is 1.86. The lowest BCUT2D eigenvalue weighted by atomic mass is 10.1. The van der Waals surface area contributed by atoms with E-state index in [0.717, 1.165) is 77.8 Å². The van der Waals surface area contributed by atoms with E-state index < -0.39 is 0 Å². The molecule has 1 saturated heterocycles. The number of methoxy groups -OCH3 is 1. The largest absolute Gasteiger partial charge is 0.497 e. The molecule has 1 fully saturated rings. The van der Waals surface area contributed by atoms with Crippen molar-refractivity contribution in [1.82, 2.24) is 24.9 Å². The third kappa shape index (κ3) is 4.92. The summed E-state index contributed by atoms with van der Waals surface area (Å²) in [6.45, 7) is 9.62. The van der Waals surface area contributed by atoms with Gasteiger partial charge in [0.1, 0.15) is 16.3 Å². The van der Waals surface area contributed by atoms with Crippen molar-refractivity contribution in [3.05, 3.63) is 35.2 Å². The third-order valence-electron chi connectivity index (χ3n) is 5.93. The number of likely N-dealkylation sites (N-methyl/N-ethyl adjacent to an activating group) is 1. The molecule has 166 valence electrons. The summed E-state index contributed by atoms with van der Waals surface area (Å²) in [6, 6.07) is 9.82. The van der Waals surface area contributed by atoms with E-state index in [2.05, 4.69) is 27.1 Å². The summed E-state index contributed by atoms with van der Waals surface area (Å²) in [6.07, 6.45) is 0.972. The number of ether oxygens (including phenoxy) is 1. The monoisotopic (exact) mass is 441 g/mol. The van der Waals surface area contributed by atoms with E-state index in [-0.39, 0.29) is 5.91 Å². The molecule has 0 spiro atoms. The van der Waals surface area contributed by atoms with Gasteiger partial charge < -0.3 is 19.9 Å². The maximum absolute atomic E-state index is 12.7. The number of carbonyl (C=O) groups excluding carboxylic acids is 1. The van der Waals surface area contributed by atoms with Crippen molar-refractivity contribution in [1.29, 1.82) is 0 Å². The number of hydrogen-bond acceptors (Lipinski definition) is 6. The number of carbonyl (C=O) groups is 1. The summed E-state index contributed by atoms with van der Waals surface area (Å²) in [4.78, 5) is 19.4. The van der Waals surface area contributed by atoms with Gasteiger partial charge in [-0.15, -0.1) is 11.3 Å². The summed E-state index contributed by atoms with van der Waals surface area (Å²) in [7, 11) is 3.58. The van der Waals surface area contributed by atoms with E-state index in [4.69, 9.17) is 4.74 Å². The molecular weight excluding hydrogens is 410 g/mol. The van der Waals surface area contributed by atoms with Gasteiger partial charge in [-0.05, 0) is 37.7 Å². The van der Waals surface area contributed by atoms with Crippen LogP contribution in [0.1, 0.15) is 23.0 Å². The quantitative estimate of drug-likeness (QED) is 0.545. The Morgan fingerprint density at radius 2 is 1.97 bits per heavy atom. The predicted molar refractivity (Wildman–Crippen MR) is 126 cm³/mol. The number of piperazine rings is 1. The lowest BCUT2D eigenvalue weighted by molar-refractivity contribution is 0.0952. The van der Waals surface area contributed by atoms with Crippen LogP contribution in [0.15, 0.2) is 30.3 Å². The first-order chi connectivity index (χ1) is 15.1. The van der Waals surface area contributed by atoms with Gasteiger partial charge in [-0.25, -0.2) is 0 Å². The SMILES string of the molecule is CCN1CCN(CCCNC(=O)c2cc3c(-c4cccc(OC)c4)nn(C)c3s2)CC1. The number of thiophene rings is 1. The van der Waals surface area contributed by atoms with Crippen LogP contribution in [0.5, 0.6) is 5.75 Å². The first-order valence-electron chi connectivity index (χ1n) is 10.9. The topological polar surface area (TPSA) is 62.6 Å². The molecule has 31 heavy (non-hydrogen) atoms. The van der Waals surface area contributed by atoms with Crippen LogP contribution in [-0.4, -0.2) is 78.4 Å². The Bertz CT molecular complexity index is 1040. The minimum atomic E-state index is -0.00593. The molecule has 1 aromatic carbocycles. The maximum Gasteiger partial charge on any atom is 0.261 e. The highest BCUT2D eigenvalue weighted by atomic mass is 32.1. The number of hydrogen-bond donors (Lipinski definition) is 1. The van der Waals surface area contributed by atoms with Crippen LogP contribution < -0.4 is 10.1 Å². The summed E-state index contributed by atoms with van der Waals surface area (Å²) < 4.78 is 7.20. The highest BCUT2D eigenvalue weighted by Crippen LogP contribution is 2.34. The van der Waals surface area contributed by atoms with Crippen LogP contribution in [-0.2, 0) is 7.05 Å². The lowest BCUT2D eigenvalue weighted by Crippen LogP contribution is -2.46. The van der Waals surface area contributed by atoms with Crippen molar-refractivity contribution in [2.75, 3.05) is 52.9 Å². The molecular formula is C23H31N5O2S. The second kappa shape index (κ2) is 9.80. The van der Waals surface area contributed by atoms with Gasteiger partial charge in [0.25, 0.3) is 5.91 Å². The minimum Gasteiger partial charge on any atom is -0.497 e. The number of amides is 1. The Hall–Kier alpha value is -2.42. The molecule has 0 saturated carbocycles. The standard InChI is InChI=1S/C23H31N5O2S/c1-4-27-11-13-28(14-12-27)10-6-9-24-22(29)20-16-19-21(25-26(2)23(19)31-20)17-7-5-8-18(15-17)30-3/h5,7-8,15-16H,4,6,9-14H2,1-3H3,(H,24,29). The summed E-state index contributed by atoms with van der Waals surface area (Å²) in [5, 5.41) is 8.76. The van der Waals surface area contributed by atoms with Crippen LogP contribution in [0.3, 0.4) is 0 Å². The minimum absolute atomic E-state index is 0.00593. The van der Waals surface area contributed by atoms with Gasteiger partial charge in [-0.3, -0.25) is 9.48 Å². The van der Waals surface area contributed by atoms with E-state index >= 15 is 0 Å². The van der Waals surface area contributed by atoms with Crippen LogP contribution in [0.25, 0.3) is 21.5 Å². The molecule has 0 aliphatic carbocycles. The summed E-state index contributed by atoms with van der Waals surface area (Å²) in [5.74, 6) is 0.786. The van der Waals surface area contributed by atoms with Crippen LogP contribution in [0.4, 0.5) is 0 Å².